The Labute approximate surface area is 120 Å². The van der Waals surface area contributed by atoms with Crippen LogP contribution in [0.5, 0.6) is 0 Å². The molecule has 1 unspecified atom stereocenters. The number of hydrogen-bond donors (Lipinski definition) is 1. The van der Waals surface area contributed by atoms with Crippen LogP contribution in [-0.4, -0.2) is 11.5 Å². The van der Waals surface area contributed by atoms with Crippen molar-refractivity contribution in [2.75, 3.05) is 0 Å². The maximum atomic E-state index is 14.0. The molecule has 2 aromatic rings. The number of amidine groups is 1. The van der Waals surface area contributed by atoms with E-state index in [-0.39, 0.29) is 11.5 Å². The Hall–Kier alpha value is -2.56. The van der Waals surface area contributed by atoms with Gasteiger partial charge < -0.3 is 5.73 Å². The predicted octanol–water partition coefficient (Wildman–Crippen LogP) is 3.21. The molecule has 0 amide bonds. The second-order valence-corrected chi connectivity index (χ2v) is 4.87. The lowest BCUT2D eigenvalue weighted by molar-refractivity contribution is 0.596. The van der Waals surface area contributed by atoms with E-state index in [9.17, 15) is 8.78 Å². The van der Waals surface area contributed by atoms with E-state index in [1.807, 2.05) is 30.3 Å². The van der Waals surface area contributed by atoms with Crippen molar-refractivity contribution >= 4 is 11.5 Å². The summed E-state index contributed by atoms with van der Waals surface area (Å²) in [5.74, 6) is -0.889. The van der Waals surface area contributed by atoms with Crippen LogP contribution in [-0.2, 0) is 0 Å². The fraction of sp³-hybridized carbons (Fsp3) is 0.125. The van der Waals surface area contributed by atoms with Crippen molar-refractivity contribution in [1.29, 1.82) is 0 Å². The molecule has 5 heteroatoms. The smallest absolute Gasteiger partial charge is 0.132 e. The standard InChI is InChI=1S/C16H13F2N3/c17-11-6-7-14(18)13(8-11)16-12(9-15(19)20-21-16)10-4-2-1-3-5-10/h1-8,12H,9H2,(H2,19,20). The highest BCUT2D eigenvalue weighted by Crippen LogP contribution is 2.29. The van der Waals surface area contributed by atoms with Crippen LogP contribution in [0.3, 0.4) is 0 Å². The van der Waals surface area contributed by atoms with Gasteiger partial charge in [-0.25, -0.2) is 8.78 Å². The van der Waals surface area contributed by atoms with Crippen LogP contribution < -0.4 is 5.73 Å². The van der Waals surface area contributed by atoms with E-state index in [4.69, 9.17) is 5.73 Å². The van der Waals surface area contributed by atoms with Gasteiger partial charge in [0.25, 0.3) is 0 Å². The molecule has 0 aromatic heterocycles. The molecule has 0 spiro atoms. The first kappa shape index (κ1) is 13.4. The maximum Gasteiger partial charge on any atom is 0.132 e. The van der Waals surface area contributed by atoms with Crippen molar-refractivity contribution < 1.29 is 8.78 Å². The van der Waals surface area contributed by atoms with Crippen molar-refractivity contribution in [3.8, 4) is 0 Å². The second kappa shape index (κ2) is 5.44. The lowest BCUT2D eigenvalue weighted by Gasteiger charge is -2.22. The molecule has 1 atom stereocenters. The summed E-state index contributed by atoms with van der Waals surface area (Å²) in [6.07, 6.45) is 0.429. The highest BCUT2D eigenvalue weighted by atomic mass is 19.1. The summed E-state index contributed by atoms with van der Waals surface area (Å²) < 4.78 is 27.4. The Morgan fingerprint density at radius 3 is 2.52 bits per heavy atom. The largest absolute Gasteiger partial charge is 0.386 e. The summed E-state index contributed by atoms with van der Waals surface area (Å²) in [5.41, 5.74) is 7.21. The number of hydrogen-bond acceptors (Lipinski definition) is 3. The summed E-state index contributed by atoms with van der Waals surface area (Å²) in [6, 6.07) is 12.8. The number of nitrogens with zero attached hydrogens (tertiary/aromatic N) is 2. The van der Waals surface area contributed by atoms with Gasteiger partial charge in [-0.1, -0.05) is 30.3 Å². The lowest BCUT2D eigenvalue weighted by atomic mass is 9.86. The highest BCUT2D eigenvalue weighted by Gasteiger charge is 2.26. The molecule has 0 aliphatic carbocycles. The first-order chi connectivity index (χ1) is 10.1. The summed E-state index contributed by atoms with van der Waals surface area (Å²) in [7, 11) is 0. The van der Waals surface area contributed by atoms with Gasteiger partial charge in [0, 0.05) is 17.9 Å². The minimum Gasteiger partial charge on any atom is -0.386 e. The van der Waals surface area contributed by atoms with E-state index in [1.54, 1.807) is 0 Å². The lowest BCUT2D eigenvalue weighted by Crippen LogP contribution is -2.26. The molecule has 3 rings (SSSR count). The molecule has 1 heterocycles. The van der Waals surface area contributed by atoms with Crippen LogP contribution >= 0.6 is 0 Å². The third-order valence-corrected chi connectivity index (χ3v) is 3.44. The zero-order valence-electron chi connectivity index (χ0n) is 11.1. The van der Waals surface area contributed by atoms with Crippen LogP contribution in [0, 0.1) is 11.6 Å². The van der Waals surface area contributed by atoms with E-state index in [0.717, 1.165) is 23.8 Å². The molecule has 21 heavy (non-hydrogen) atoms. The molecule has 0 radical (unpaired) electrons. The average molecular weight is 285 g/mol. The third kappa shape index (κ3) is 2.67. The summed E-state index contributed by atoms with van der Waals surface area (Å²) in [5, 5.41) is 7.84. The van der Waals surface area contributed by atoms with Gasteiger partial charge in [-0.15, -0.1) is 5.10 Å². The molecule has 2 N–H and O–H groups in total. The fourth-order valence-corrected chi connectivity index (χ4v) is 2.43. The van der Waals surface area contributed by atoms with Crippen molar-refractivity contribution in [2.45, 2.75) is 12.3 Å². The van der Waals surface area contributed by atoms with Crippen molar-refractivity contribution in [1.82, 2.24) is 0 Å². The zero-order chi connectivity index (χ0) is 14.8. The average Bonchev–Trinajstić information content (AvgIpc) is 2.51. The van der Waals surface area contributed by atoms with Gasteiger partial charge in [0.1, 0.15) is 17.5 Å². The Morgan fingerprint density at radius 1 is 1.00 bits per heavy atom. The molecule has 0 saturated heterocycles. The van der Waals surface area contributed by atoms with Crippen LogP contribution in [0.15, 0.2) is 58.7 Å². The zero-order valence-corrected chi connectivity index (χ0v) is 11.1. The SMILES string of the molecule is NC1=NN=C(c2cc(F)ccc2F)C(c2ccccc2)C1. The normalized spacial score (nSPS) is 18.1. The third-order valence-electron chi connectivity index (χ3n) is 3.44. The molecule has 1 aliphatic heterocycles. The van der Waals surface area contributed by atoms with Gasteiger partial charge >= 0.3 is 0 Å². The maximum absolute atomic E-state index is 14.0. The van der Waals surface area contributed by atoms with Crippen LogP contribution in [0.25, 0.3) is 0 Å². The Balaban J connectivity index is 2.11. The molecular weight excluding hydrogens is 272 g/mol. The molecule has 0 fully saturated rings. The summed E-state index contributed by atoms with van der Waals surface area (Å²) >= 11 is 0. The monoisotopic (exact) mass is 285 g/mol. The van der Waals surface area contributed by atoms with Gasteiger partial charge in [0.05, 0.1) is 5.71 Å². The van der Waals surface area contributed by atoms with E-state index in [1.165, 1.54) is 0 Å². The highest BCUT2D eigenvalue weighted by molar-refractivity contribution is 6.08. The van der Waals surface area contributed by atoms with E-state index in [0.29, 0.717) is 18.0 Å². The van der Waals surface area contributed by atoms with Crippen LogP contribution in [0.4, 0.5) is 8.78 Å². The number of rotatable bonds is 2. The molecule has 0 saturated carbocycles. The van der Waals surface area contributed by atoms with Crippen molar-refractivity contribution in [2.24, 2.45) is 15.9 Å². The molecule has 0 bridgehead atoms. The summed E-state index contributed by atoms with van der Waals surface area (Å²) in [6.45, 7) is 0. The second-order valence-electron chi connectivity index (χ2n) is 4.87. The number of halogens is 2. The first-order valence-corrected chi connectivity index (χ1v) is 6.55. The Bertz CT molecular complexity index is 724. The van der Waals surface area contributed by atoms with Crippen LogP contribution in [0.1, 0.15) is 23.5 Å². The Morgan fingerprint density at radius 2 is 1.76 bits per heavy atom. The van der Waals surface area contributed by atoms with E-state index < -0.39 is 11.6 Å². The summed E-state index contributed by atoms with van der Waals surface area (Å²) in [4.78, 5) is 0. The van der Waals surface area contributed by atoms with Crippen LogP contribution in [0.2, 0.25) is 0 Å². The van der Waals surface area contributed by atoms with Gasteiger partial charge in [0.15, 0.2) is 0 Å². The van der Waals surface area contributed by atoms with Gasteiger partial charge in [-0.2, -0.15) is 5.10 Å². The van der Waals surface area contributed by atoms with E-state index in [2.05, 4.69) is 10.2 Å². The van der Waals surface area contributed by atoms with Gasteiger partial charge in [-0.3, -0.25) is 0 Å². The molecule has 1 aliphatic rings. The van der Waals surface area contributed by atoms with Crippen molar-refractivity contribution in [3.05, 3.63) is 71.3 Å². The minimum absolute atomic E-state index is 0.125. The molecular formula is C16H13F2N3. The predicted molar refractivity (Wildman–Crippen MR) is 78.3 cm³/mol. The van der Waals surface area contributed by atoms with Gasteiger partial charge in [-0.05, 0) is 23.8 Å². The van der Waals surface area contributed by atoms with Crippen molar-refractivity contribution in [3.63, 3.8) is 0 Å². The number of nitrogens with two attached hydrogens (primary N) is 1. The molecule has 3 nitrogen and oxygen atoms in total. The Kier molecular flexibility index (Phi) is 3.48. The minimum atomic E-state index is -0.522. The quantitative estimate of drug-likeness (QED) is 0.905. The fourth-order valence-electron chi connectivity index (χ4n) is 2.43. The first-order valence-electron chi connectivity index (χ1n) is 6.55. The number of benzene rings is 2. The topological polar surface area (TPSA) is 50.7 Å². The molecule has 2 aromatic carbocycles. The van der Waals surface area contributed by atoms with E-state index >= 15 is 0 Å². The molecule has 106 valence electrons. The van der Waals surface area contributed by atoms with Gasteiger partial charge in [0.2, 0.25) is 0 Å².